The molecule has 1 aromatic heterocycles. The summed E-state index contributed by atoms with van der Waals surface area (Å²) in [5, 5.41) is 2.97. The molecule has 3 heterocycles. The normalized spacial score (nSPS) is 17.4. The third-order valence-electron chi connectivity index (χ3n) is 6.54. The van der Waals surface area contributed by atoms with Crippen molar-refractivity contribution in [3.05, 3.63) is 72.5 Å². The van der Waals surface area contributed by atoms with Crippen LogP contribution in [0.4, 0.5) is 16.2 Å². The summed E-state index contributed by atoms with van der Waals surface area (Å²) in [6.07, 6.45) is 4.33. The molecule has 166 valence electrons. The number of rotatable bonds is 3. The summed E-state index contributed by atoms with van der Waals surface area (Å²) in [5.74, 6) is 0.782. The lowest BCUT2D eigenvalue weighted by molar-refractivity contribution is 0.173. The molecule has 7 nitrogen and oxygen atoms in total. The van der Waals surface area contributed by atoms with E-state index >= 15 is 0 Å². The van der Waals surface area contributed by atoms with Gasteiger partial charge in [-0.15, -0.1) is 0 Å². The van der Waals surface area contributed by atoms with Crippen molar-refractivity contribution in [2.24, 2.45) is 0 Å². The number of carbonyl (C=O) groups excluding carboxylic acids is 1. The van der Waals surface area contributed by atoms with Gasteiger partial charge in [0.15, 0.2) is 0 Å². The molecule has 1 N–H and O–H groups in total. The SMILES string of the molecule is CS(=O)(=O)N1CC2(CCN(C(=O)Nc3ccc(-c4ccco4)cc3)CC2)c2ccccc21. The smallest absolute Gasteiger partial charge is 0.321 e. The lowest BCUT2D eigenvalue weighted by Crippen LogP contribution is -2.48. The van der Waals surface area contributed by atoms with Gasteiger partial charge >= 0.3 is 6.03 Å². The fourth-order valence-corrected chi connectivity index (χ4v) is 5.81. The highest BCUT2D eigenvalue weighted by Gasteiger charge is 2.47. The number of anilines is 2. The Kier molecular flexibility index (Phi) is 4.97. The van der Waals surface area contributed by atoms with Gasteiger partial charge in [-0.2, -0.15) is 0 Å². The lowest BCUT2D eigenvalue weighted by Gasteiger charge is -2.39. The topological polar surface area (TPSA) is 82.9 Å². The summed E-state index contributed by atoms with van der Waals surface area (Å²) >= 11 is 0. The van der Waals surface area contributed by atoms with E-state index in [1.165, 1.54) is 10.6 Å². The van der Waals surface area contributed by atoms with Crippen LogP contribution in [0.15, 0.2) is 71.3 Å². The summed E-state index contributed by atoms with van der Waals surface area (Å²) in [4.78, 5) is 14.6. The molecule has 1 fully saturated rings. The van der Waals surface area contributed by atoms with Gasteiger partial charge in [-0.05, 0) is 60.9 Å². The van der Waals surface area contributed by atoms with Crippen LogP contribution in [0.1, 0.15) is 18.4 Å². The van der Waals surface area contributed by atoms with Gasteiger partial charge in [0.2, 0.25) is 10.0 Å². The van der Waals surface area contributed by atoms with E-state index < -0.39 is 10.0 Å². The molecule has 2 aliphatic heterocycles. The zero-order chi connectivity index (χ0) is 22.3. The van der Waals surface area contributed by atoms with Crippen LogP contribution in [-0.4, -0.2) is 45.2 Å². The van der Waals surface area contributed by atoms with Crippen LogP contribution in [0.3, 0.4) is 0 Å². The molecule has 1 saturated heterocycles. The maximum Gasteiger partial charge on any atom is 0.321 e. The molecule has 2 amide bonds. The van der Waals surface area contributed by atoms with Crippen molar-refractivity contribution in [3.8, 4) is 11.3 Å². The van der Waals surface area contributed by atoms with Crippen molar-refractivity contribution in [2.75, 3.05) is 35.5 Å². The first-order valence-electron chi connectivity index (χ1n) is 10.6. The molecular formula is C24H25N3O4S. The van der Waals surface area contributed by atoms with Gasteiger partial charge in [-0.1, -0.05) is 18.2 Å². The summed E-state index contributed by atoms with van der Waals surface area (Å²) < 4.78 is 31.6. The van der Waals surface area contributed by atoms with Crippen LogP contribution in [0.2, 0.25) is 0 Å². The van der Waals surface area contributed by atoms with Crippen molar-refractivity contribution in [1.82, 2.24) is 4.90 Å². The zero-order valence-electron chi connectivity index (χ0n) is 17.8. The van der Waals surface area contributed by atoms with Gasteiger partial charge < -0.3 is 14.6 Å². The van der Waals surface area contributed by atoms with E-state index in [1.807, 2.05) is 60.7 Å². The number of hydrogen-bond acceptors (Lipinski definition) is 4. The largest absolute Gasteiger partial charge is 0.464 e. The number of piperidine rings is 1. The molecule has 0 atom stereocenters. The summed E-state index contributed by atoms with van der Waals surface area (Å²) in [5.41, 5.74) is 3.26. The van der Waals surface area contributed by atoms with Crippen LogP contribution in [0, 0.1) is 0 Å². The monoisotopic (exact) mass is 451 g/mol. The minimum Gasteiger partial charge on any atom is -0.464 e. The van der Waals surface area contributed by atoms with Crippen LogP contribution in [-0.2, 0) is 15.4 Å². The summed E-state index contributed by atoms with van der Waals surface area (Å²) in [7, 11) is -3.35. The molecule has 0 radical (unpaired) electrons. The number of benzene rings is 2. The molecule has 0 bridgehead atoms. The number of urea groups is 1. The quantitative estimate of drug-likeness (QED) is 0.644. The van der Waals surface area contributed by atoms with Gasteiger partial charge in [0.05, 0.1) is 18.2 Å². The second-order valence-corrected chi connectivity index (χ2v) is 10.4. The Balaban J connectivity index is 1.26. The standard InChI is InChI=1S/C24H25N3O4S/c1-32(29,30)27-17-24(20-5-2-3-6-21(20)27)12-14-26(15-13-24)23(28)25-19-10-8-18(9-11-19)22-7-4-16-31-22/h2-11,16H,12-15,17H2,1H3,(H,25,28). The number of likely N-dealkylation sites (tertiary alicyclic amines) is 1. The fourth-order valence-electron chi connectivity index (χ4n) is 4.81. The first kappa shape index (κ1) is 20.6. The maximum atomic E-state index is 12.8. The maximum absolute atomic E-state index is 12.8. The molecule has 0 unspecified atom stereocenters. The van der Waals surface area contributed by atoms with Gasteiger partial charge in [0, 0.05) is 36.3 Å². The van der Waals surface area contributed by atoms with E-state index in [1.54, 1.807) is 11.2 Å². The minimum absolute atomic E-state index is 0.142. The lowest BCUT2D eigenvalue weighted by atomic mass is 9.74. The summed E-state index contributed by atoms with van der Waals surface area (Å²) in [6.45, 7) is 1.58. The van der Waals surface area contributed by atoms with E-state index in [9.17, 15) is 13.2 Å². The Bertz CT molecular complexity index is 1230. The third-order valence-corrected chi connectivity index (χ3v) is 7.67. The van der Waals surface area contributed by atoms with Crippen molar-refractivity contribution in [3.63, 3.8) is 0 Å². The molecule has 1 spiro atoms. The molecule has 8 heteroatoms. The van der Waals surface area contributed by atoms with E-state index in [4.69, 9.17) is 4.42 Å². The van der Waals surface area contributed by atoms with Gasteiger partial charge in [-0.3, -0.25) is 4.31 Å². The fraction of sp³-hybridized carbons (Fsp3) is 0.292. The average Bonchev–Trinajstić information content (AvgIpc) is 3.42. The molecule has 2 aliphatic rings. The number of furan rings is 1. The Morgan fingerprint density at radius 3 is 2.38 bits per heavy atom. The predicted octanol–water partition coefficient (Wildman–Crippen LogP) is 4.29. The molecule has 32 heavy (non-hydrogen) atoms. The Labute approximate surface area is 187 Å². The number of sulfonamides is 1. The number of carbonyl (C=O) groups is 1. The number of para-hydroxylation sites is 1. The molecule has 5 rings (SSSR count). The van der Waals surface area contributed by atoms with Crippen molar-refractivity contribution >= 4 is 27.4 Å². The number of nitrogens with one attached hydrogen (secondary N) is 1. The third kappa shape index (κ3) is 3.64. The minimum atomic E-state index is -3.35. The van der Waals surface area contributed by atoms with Crippen molar-refractivity contribution in [2.45, 2.75) is 18.3 Å². The highest BCUT2D eigenvalue weighted by molar-refractivity contribution is 7.92. The highest BCUT2D eigenvalue weighted by Crippen LogP contribution is 2.47. The number of fused-ring (bicyclic) bond motifs is 2. The molecule has 3 aromatic rings. The van der Waals surface area contributed by atoms with Crippen LogP contribution >= 0.6 is 0 Å². The van der Waals surface area contributed by atoms with Crippen LogP contribution in [0.5, 0.6) is 0 Å². The van der Waals surface area contributed by atoms with Gasteiger partial charge in [-0.25, -0.2) is 13.2 Å². The van der Waals surface area contributed by atoms with Crippen molar-refractivity contribution < 1.29 is 17.6 Å². The van der Waals surface area contributed by atoms with E-state index in [0.717, 1.165) is 41.1 Å². The number of amides is 2. The van der Waals surface area contributed by atoms with Gasteiger partial charge in [0.25, 0.3) is 0 Å². The van der Waals surface area contributed by atoms with E-state index in [-0.39, 0.29) is 11.4 Å². The van der Waals surface area contributed by atoms with Gasteiger partial charge in [0.1, 0.15) is 5.76 Å². The van der Waals surface area contributed by atoms with E-state index in [0.29, 0.717) is 19.6 Å². The predicted molar refractivity (Wildman–Crippen MR) is 124 cm³/mol. The van der Waals surface area contributed by atoms with Crippen molar-refractivity contribution in [1.29, 1.82) is 0 Å². The van der Waals surface area contributed by atoms with Crippen LogP contribution in [0.25, 0.3) is 11.3 Å². The molecule has 0 saturated carbocycles. The number of hydrogen-bond donors (Lipinski definition) is 1. The number of nitrogens with zero attached hydrogens (tertiary/aromatic N) is 2. The highest BCUT2D eigenvalue weighted by atomic mass is 32.2. The van der Waals surface area contributed by atoms with Crippen LogP contribution < -0.4 is 9.62 Å². The average molecular weight is 452 g/mol. The second-order valence-electron chi connectivity index (χ2n) is 8.54. The Hall–Kier alpha value is -3.26. The molecule has 2 aromatic carbocycles. The molecular weight excluding hydrogens is 426 g/mol. The second kappa shape index (κ2) is 7.70. The first-order chi connectivity index (χ1) is 15.4. The summed E-state index contributed by atoms with van der Waals surface area (Å²) in [6, 6.07) is 18.9. The van der Waals surface area contributed by atoms with E-state index in [2.05, 4.69) is 5.32 Å². The zero-order valence-corrected chi connectivity index (χ0v) is 18.6. The first-order valence-corrected chi connectivity index (χ1v) is 12.5. The Morgan fingerprint density at radius 1 is 1.00 bits per heavy atom. The Morgan fingerprint density at radius 2 is 1.72 bits per heavy atom. The molecule has 0 aliphatic carbocycles.